The van der Waals surface area contributed by atoms with E-state index in [1.54, 1.807) is 0 Å². The normalized spacial score (nSPS) is 15.9. The van der Waals surface area contributed by atoms with E-state index >= 15 is 0 Å². The number of aryl methyl sites for hydroxylation is 1. The lowest BCUT2D eigenvalue weighted by Gasteiger charge is -2.21. The number of carbonyl (C=O) groups excluding carboxylic acids is 1. The van der Waals surface area contributed by atoms with E-state index in [1.165, 1.54) is 24.0 Å². The Hall–Kier alpha value is -1.84. The van der Waals surface area contributed by atoms with Gasteiger partial charge in [0.25, 0.3) is 0 Å². The predicted octanol–water partition coefficient (Wildman–Crippen LogP) is 3.55. The van der Waals surface area contributed by atoms with Crippen LogP contribution in [0.2, 0.25) is 0 Å². The summed E-state index contributed by atoms with van der Waals surface area (Å²) in [5.74, 6) is 0.506. The molecule has 2 aromatic rings. The van der Waals surface area contributed by atoms with Crippen molar-refractivity contribution in [2.75, 3.05) is 0 Å². The van der Waals surface area contributed by atoms with Crippen LogP contribution in [-0.4, -0.2) is 11.9 Å². The molecule has 0 saturated heterocycles. The maximum atomic E-state index is 12.5. The van der Waals surface area contributed by atoms with Gasteiger partial charge in [-0.2, -0.15) is 0 Å². The van der Waals surface area contributed by atoms with E-state index in [1.807, 2.05) is 49.4 Å². The van der Waals surface area contributed by atoms with E-state index in [9.17, 15) is 4.79 Å². The minimum absolute atomic E-state index is 0. The average molecular weight is 345 g/mol. The van der Waals surface area contributed by atoms with Gasteiger partial charge in [0.2, 0.25) is 5.91 Å². The molecular formula is C20H25ClN2O. The number of halogens is 1. The van der Waals surface area contributed by atoms with Gasteiger partial charge in [-0.3, -0.25) is 4.79 Å². The molecule has 1 fully saturated rings. The SMILES string of the molecule is Cc1ccc(C(N)C(=O)NC(Cc2ccccc2)C2CC2)cc1.Cl. The van der Waals surface area contributed by atoms with Crippen LogP contribution < -0.4 is 11.1 Å². The van der Waals surface area contributed by atoms with Crippen LogP contribution >= 0.6 is 12.4 Å². The molecule has 3 rings (SSSR count). The summed E-state index contributed by atoms with van der Waals surface area (Å²) in [6.45, 7) is 2.03. The molecule has 24 heavy (non-hydrogen) atoms. The van der Waals surface area contributed by atoms with Crippen LogP contribution in [0, 0.1) is 12.8 Å². The molecule has 3 nitrogen and oxygen atoms in total. The smallest absolute Gasteiger partial charge is 0.241 e. The molecule has 1 aliphatic rings. The Morgan fingerprint density at radius 3 is 2.33 bits per heavy atom. The van der Waals surface area contributed by atoms with Crippen molar-refractivity contribution in [2.45, 2.75) is 38.3 Å². The number of carbonyl (C=O) groups is 1. The van der Waals surface area contributed by atoms with Crippen molar-refractivity contribution >= 4 is 18.3 Å². The third kappa shape index (κ3) is 4.83. The number of nitrogens with one attached hydrogen (secondary N) is 1. The average Bonchev–Trinajstić information content (AvgIpc) is 3.40. The highest BCUT2D eigenvalue weighted by Gasteiger charge is 2.33. The number of benzene rings is 2. The van der Waals surface area contributed by atoms with E-state index in [0.29, 0.717) is 5.92 Å². The third-order valence-corrected chi connectivity index (χ3v) is 4.54. The van der Waals surface area contributed by atoms with Gasteiger partial charge < -0.3 is 11.1 Å². The summed E-state index contributed by atoms with van der Waals surface area (Å²) < 4.78 is 0. The molecule has 2 atom stereocenters. The minimum atomic E-state index is -0.604. The van der Waals surface area contributed by atoms with E-state index in [4.69, 9.17) is 5.73 Å². The van der Waals surface area contributed by atoms with Crippen LogP contribution in [-0.2, 0) is 11.2 Å². The summed E-state index contributed by atoms with van der Waals surface area (Å²) >= 11 is 0. The molecule has 1 aliphatic carbocycles. The van der Waals surface area contributed by atoms with Crippen molar-refractivity contribution in [1.82, 2.24) is 5.32 Å². The lowest BCUT2D eigenvalue weighted by molar-refractivity contribution is -0.123. The molecule has 0 aromatic heterocycles. The van der Waals surface area contributed by atoms with Gasteiger partial charge in [0.05, 0.1) is 0 Å². The summed E-state index contributed by atoms with van der Waals surface area (Å²) in [4.78, 5) is 12.5. The van der Waals surface area contributed by atoms with Gasteiger partial charge in [0, 0.05) is 6.04 Å². The van der Waals surface area contributed by atoms with Crippen LogP contribution in [0.3, 0.4) is 0 Å². The maximum absolute atomic E-state index is 12.5. The Bertz CT molecular complexity index is 653. The number of hydrogen-bond acceptors (Lipinski definition) is 2. The second-order valence-corrected chi connectivity index (χ2v) is 6.53. The second kappa shape index (κ2) is 8.32. The van der Waals surface area contributed by atoms with Crippen molar-refractivity contribution in [3.8, 4) is 0 Å². The summed E-state index contributed by atoms with van der Waals surface area (Å²) in [5.41, 5.74) is 9.43. The largest absolute Gasteiger partial charge is 0.351 e. The summed E-state index contributed by atoms with van der Waals surface area (Å²) in [6, 6.07) is 17.7. The van der Waals surface area contributed by atoms with Crippen LogP contribution in [0.1, 0.15) is 35.6 Å². The second-order valence-electron chi connectivity index (χ2n) is 6.53. The molecule has 2 unspecified atom stereocenters. The lowest BCUT2D eigenvalue weighted by atomic mass is 10.0. The van der Waals surface area contributed by atoms with Gasteiger partial charge >= 0.3 is 0 Å². The first-order valence-electron chi connectivity index (χ1n) is 8.30. The Balaban J connectivity index is 0.00000208. The molecular weight excluding hydrogens is 320 g/mol. The molecule has 3 N–H and O–H groups in total. The molecule has 2 aromatic carbocycles. The van der Waals surface area contributed by atoms with E-state index in [0.717, 1.165) is 12.0 Å². The molecule has 0 bridgehead atoms. The maximum Gasteiger partial charge on any atom is 0.241 e. The quantitative estimate of drug-likeness (QED) is 0.841. The summed E-state index contributed by atoms with van der Waals surface area (Å²) in [6.07, 6.45) is 3.26. The van der Waals surface area contributed by atoms with E-state index in [2.05, 4.69) is 17.4 Å². The van der Waals surface area contributed by atoms with E-state index in [-0.39, 0.29) is 24.4 Å². The number of nitrogens with two attached hydrogens (primary N) is 1. The highest BCUT2D eigenvalue weighted by molar-refractivity contribution is 5.85. The van der Waals surface area contributed by atoms with Crippen LogP contribution in [0.4, 0.5) is 0 Å². The Labute approximate surface area is 150 Å². The molecule has 128 valence electrons. The van der Waals surface area contributed by atoms with Gasteiger partial charge in [0.15, 0.2) is 0 Å². The van der Waals surface area contributed by atoms with Crippen LogP contribution in [0.15, 0.2) is 54.6 Å². The number of amides is 1. The number of rotatable bonds is 6. The molecule has 0 spiro atoms. The van der Waals surface area contributed by atoms with Crippen LogP contribution in [0.25, 0.3) is 0 Å². The molecule has 0 heterocycles. The van der Waals surface area contributed by atoms with Crippen molar-refractivity contribution < 1.29 is 4.79 Å². The Morgan fingerprint density at radius 1 is 1.12 bits per heavy atom. The first-order valence-corrected chi connectivity index (χ1v) is 8.30. The van der Waals surface area contributed by atoms with Crippen molar-refractivity contribution in [3.05, 3.63) is 71.3 Å². The van der Waals surface area contributed by atoms with Gasteiger partial charge in [-0.15, -0.1) is 12.4 Å². The zero-order valence-electron chi connectivity index (χ0n) is 13.9. The highest BCUT2D eigenvalue weighted by Crippen LogP contribution is 2.34. The first kappa shape index (κ1) is 18.5. The lowest BCUT2D eigenvalue weighted by Crippen LogP contribution is -2.43. The Morgan fingerprint density at radius 2 is 1.75 bits per heavy atom. The highest BCUT2D eigenvalue weighted by atomic mass is 35.5. The van der Waals surface area contributed by atoms with E-state index < -0.39 is 6.04 Å². The summed E-state index contributed by atoms with van der Waals surface area (Å²) in [5, 5.41) is 3.18. The number of hydrogen-bond donors (Lipinski definition) is 2. The van der Waals surface area contributed by atoms with Gasteiger partial charge in [-0.05, 0) is 43.2 Å². The standard InChI is InChI=1S/C20H24N2O.ClH/c1-14-7-9-17(10-8-14)19(21)20(23)22-18(16-11-12-16)13-15-5-3-2-4-6-15;/h2-10,16,18-19H,11-13,21H2,1H3,(H,22,23);1H. The third-order valence-electron chi connectivity index (χ3n) is 4.54. The van der Waals surface area contributed by atoms with Crippen molar-refractivity contribution in [1.29, 1.82) is 0 Å². The molecule has 0 aliphatic heterocycles. The fourth-order valence-electron chi connectivity index (χ4n) is 2.90. The minimum Gasteiger partial charge on any atom is -0.351 e. The fourth-order valence-corrected chi connectivity index (χ4v) is 2.90. The Kier molecular flexibility index (Phi) is 6.41. The zero-order chi connectivity index (χ0) is 16.2. The van der Waals surface area contributed by atoms with Gasteiger partial charge in [-0.25, -0.2) is 0 Å². The summed E-state index contributed by atoms with van der Waals surface area (Å²) in [7, 11) is 0. The van der Waals surface area contributed by atoms with Gasteiger partial charge in [-0.1, -0.05) is 60.2 Å². The monoisotopic (exact) mass is 344 g/mol. The van der Waals surface area contributed by atoms with Crippen molar-refractivity contribution in [3.63, 3.8) is 0 Å². The first-order chi connectivity index (χ1) is 11.1. The topological polar surface area (TPSA) is 55.1 Å². The molecule has 4 heteroatoms. The molecule has 0 radical (unpaired) electrons. The zero-order valence-corrected chi connectivity index (χ0v) is 14.8. The fraction of sp³-hybridized carbons (Fsp3) is 0.350. The van der Waals surface area contributed by atoms with Crippen LogP contribution in [0.5, 0.6) is 0 Å². The molecule has 1 saturated carbocycles. The van der Waals surface area contributed by atoms with Gasteiger partial charge in [0.1, 0.15) is 6.04 Å². The molecule has 1 amide bonds. The predicted molar refractivity (Wildman–Crippen MR) is 100 cm³/mol. The van der Waals surface area contributed by atoms with Crippen molar-refractivity contribution in [2.24, 2.45) is 11.7 Å².